The van der Waals surface area contributed by atoms with Crippen LogP contribution in [0.1, 0.15) is 11.1 Å². The van der Waals surface area contributed by atoms with Gasteiger partial charge in [0.1, 0.15) is 6.61 Å². The van der Waals surface area contributed by atoms with Gasteiger partial charge in [0, 0.05) is 0 Å². The summed E-state index contributed by atoms with van der Waals surface area (Å²) in [6.07, 6.45) is 1.63. The molecule has 0 N–H and O–H groups in total. The summed E-state index contributed by atoms with van der Waals surface area (Å²) in [5.41, 5.74) is 1.89. The van der Waals surface area contributed by atoms with Crippen molar-refractivity contribution in [1.29, 1.82) is 0 Å². The van der Waals surface area contributed by atoms with E-state index in [0.717, 1.165) is 22.2 Å². The molecule has 1 aliphatic heterocycles. The minimum atomic E-state index is -0.433. The van der Waals surface area contributed by atoms with E-state index in [1.165, 1.54) is 7.11 Å². The van der Waals surface area contributed by atoms with E-state index in [1.807, 2.05) is 6.07 Å². The Morgan fingerprint density at radius 1 is 0.909 bits per heavy atom. The number of ether oxygens (including phenoxy) is 2. The van der Waals surface area contributed by atoms with Gasteiger partial charge in [0.2, 0.25) is 0 Å². The van der Waals surface area contributed by atoms with Crippen molar-refractivity contribution in [2.75, 3.05) is 12.0 Å². The number of thioether (sulfide) groups is 1. The van der Waals surface area contributed by atoms with Crippen molar-refractivity contribution in [2.24, 2.45) is 0 Å². The molecule has 0 bridgehead atoms. The maximum Gasteiger partial charge on any atom is 0.298 e. The van der Waals surface area contributed by atoms with Gasteiger partial charge in [0.05, 0.1) is 32.8 Å². The van der Waals surface area contributed by atoms with Gasteiger partial charge in [-0.1, -0.05) is 59.1 Å². The van der Waals surface area contributed by atoms with Crippen LogP contribution in [0.25, 0.3) is 6.08 Å². The zero-order chi connectivity index (χ0) is 23.5. The highest BCUT2D eigenvalue weighted by atomic mass is 35.5. The van der Waals surface area contributed by atoms with Gasteiger partial charge in [-0.15, -0.1) is 0 Å². The summed E-state index contributed by atoms with van der Waals surface area (Å²) in [5, 5.41) is 0.839. The van der Waals surface area contributed by atoms with E-state index < -0.39 is 11.1 Å². The van der Waals surface area contributed by atoms with Crippen LogP contribution in [0.5, 0.6) is 11.5 Å². The monoisotopic (exact) mass is 519 g/mol. The number of nitrogens with zero attached hydrogens (tertiary/aromatic N) is 1. The summed E-state index contributed by atoms with van der Waals surface area (Å²) in [6, 6.07) is 17.2. The van der Waals surface area contributed by atoms with Crippen molar-refractivity contribution in [1.82, 2.24) is 0 Å². The number of anilines is 1. The quantitative estimate of drug-likeness (QED) is 0.315. The Bertz CT molecular complexity index is 1280. The molecule has 1 heterocycles. The van der Waals surface area contributed by atoms with Crippen LogP contribution in [0.4, 0.5) is 10.5 Å². The van der Waals surface area contributed by atoms with Crippen molar-refractivity contribution in [2.45, 2.75) is 6.61 Å². The molecule has 3 aromatic carbocycles. The Hall–Kier alpha value is -2.64. The van der Waals surface area contributed by atoms with Gasteiger partial charge in [0.15, 0.2) is 11.5 Å². The third kappa shape index (κ3) is 5.14. The van der Waals surface area contributed by atoms with Crippen LogP contribution in [0.15, 0.2) is 65.6 Å². The van der Waals surface area contributed by atoms with Crippen LogP contribution < -0.4 is 14.4 Å². The number of hydrogen-bond donors (Lipinski definition) is 0. The van der Waals surface area contributed by atoms with E-state index in [2.05, 4.69) is 0 Å². The molecule has 0 spiro atoms. The van der Waals surface area contributed by atoms with E-state index in [9.17, 15) is 9.59 Å². The number of benzene rings is 3. The molecule has 0 radical (unpaired) electrons. The van der Waals surface area contributed by atoms with Crippen molar-refractivity contribution >= 4 is 69.5 Å². The molecule has 2 amide bonds. The molecular formula is C24H16Cl3NO4S. The van der Waals surface area contributed by atoms with Gasteiger partial charge < -0.3 is 9.47 Å². The fourth-order valence-corrected chi connectivity index (χ4v) is 4.52. The fraction of sp³-hybridized carbons (Fsp3) is 0.0833. The summed E-state index contributed by atoms with van der Waals surface area (Å²) in [5.74, 6) is 0.566. The van der Waals surface area contributed by atoms with Crippen LogP contribution in [-0.4, -0.2) is 18.3 Å². The largest absolute Gasteiger partial charge is 0.493 e. The predicted molar refractivity (Wildman–Crippen MR) is 134 cm³/mol. The average Bonchev–Trinajstić information content (AvgIpc) is 3.08. The van der Waals surface area contributed by atoms with E-state index >= 15 is 0 Å². The topological polar surface area (TPSA) is 55.8 Å². The highest BCUT2D eigenvalue weighted by molar-refractivity contribution is 8.19. The number of rotatable bonds is 6. The Morgan fingerprint density at radius 2 is 1.70 bits per heavy atom. The van der Waals surface area contributed by atoms with Crippen LogP contribution in [-0.2, 0) is 11.4 Å². The molecule has 0 atom stereocenters. The summed E-state index contributed by atoms with van der Waals surface area (Å²) in [4.78, 5) is 26.7. The van der Waals surface area contributed by atoms with Crippen molar-refractivity contribution in [3.05, 3.63) is 91.8 Å². The molecule has 0 aliphatic carbocycles. The molecule has 168 valence electrons. The Morgan fingerprint density at radius 3 is 2.42 bits per heavy atom. The molecule has 0 unspecified atom stereocenters. The Kier molecular flexibility index (Phi) is 7.20. The second kappa shape index (κ2) is 10.1. The minimum absolute atomic E-state index is 0.267. The molecule has 4 rings (SSSR count). The first-order valence-electron chi connectivity index (χ1n) is 9.64. The van der Waals surface area contributed by atoms with Crippen LogP contribution in [0.2, 0.25) is 15.1 Å². The zero-order valence-corrected chi connectivity index (χ0v) is 20.3. The molecule has 1 saturated heterocycles. The fourth-order valence-electron chi connectivity index (χ4n) is 3.14. The lowest BCUT2D eigenvalue weighted by Crippen LogP contribution is -2.27. The van der Waals surface area contributed by atoms with Gasteiger partial charge in [-0.2, -0.15) is 0 Å². The number of hydrogen-bond acceptors (Lipinski definition) is 5. The predicted octanol–water partition coefficient (Wildman–Crippen LogP) is 7.48. The number of carbonyl (C=O) groups is 2. The summed E-state index contributed by atoms with van der Waals surface area (Å²) < 4.78 is 11.3. The smallest absolute Gasteiger partial charge is 0.298 e. The van der Waals surface area contributed by atoms with Crippen molar-refractivity contribution in [3.8, 4) is 11.5 Å². The van der Waals surface area contributed by atoms with E-state index in [4.69, 9.17) is 44.3 Å². The van der Waals surface area contributed by atoms with Crippen LogP contribution in [0, 0.1) is 0 Å². The lowest BCUT2D eigenvalue weighted by Gasteiger charge is -2.13. The number of methoxy groups -OCH3 is 1. The molecule has 1 aliphatic rings. The van der Waals surface area contributed by atoms with Gasteiger partial charge >= 0.3 is 0 Å². The van der Waals surface area contributed by atoms with E-state index in [1.54, 1.807) is 60.7 Å². The Balaban J connectivity index is 1.54. The molecule has 33 heavy (non-hydrogen) atoms. The summed E-state index contributed by atoms with van der Waals surface area (Å²) in [6.45, 7) is 0.267. The first-order chi connectivity index (χ1) is 15.9. The minimum Gasteiger partial charge on any atom is -0.493 e. The standard InChI is InChI=1S/C24H16Cl3NO4S/c1-31-21-11-14(7-9-20(21)32-13-15-6-8-16(25)18(27)10-15)12-22-23(29)28(24(30)33-22)19-5-3-2-4-17(19)26/h2-12H,13H2,1H3/b22-12-. The molecule has 5 nitrogen and oxygen atoms in total. The van der Waals surface area contributed by atoms with Crippen LogP contribution >= 0.6 is 46.6 Å². The number of para-hydroxylation sites is 1. The number of imide groups is 1. The van der Waals surface area contributed by atoms with E-state index in [0.29, 0.717) is 37.8 Å². The Labute approximate surface area is 209 Å². The number of amides is 2. The highest BCUT2D eigenvalue weighted by Crippen LogP contribution is 2.39. The van der Waals surface area contributed by atoms with Gasteiger partial charge in [-0.3, -0.25) is 9.59 Å². The van der Waals surface area contributed by atoms with Crippen LogP contribution in [0.3, 0.4) is 0 Å². The van der Waals surface area contributed by atoms with E-state index in [-0.39, 0.29) is 11.5 Å². The lowest BCUT2D eigenvalue weighted by molar-refractivity contribution is -0.113. The third-order valence-corrected chi connectivity index (χ3v) is 6.68. The SMILES string of the molecule is COc1cc(/C=C2\SC(=O)N(c3ccccc3Cl)C2=O)ccc1OCc1ccc(Cl)c(Cl)c1. The first kappa shape index (κ1) is 23.5. The molecule has 0 saturated carbocycles. The third-order valence-electron chi connectivity index (χ3n) is 4.75. The van der Waals surface area contributed by atoms with Gasteiger partial charge in [0.25, 0.3) is 11.1 Å². The summed E-state index contributed by atoms with van der Waals surface area (Å²) in [7, 11) is 1.52. The van der Waals surface area contributed by atoms with Crippen molar-refractivity contribution in [3.63, 3.8) is 0 Å². The molecule has 0 aromatic heterocycles. The normalized spacial score (nSPS) is 14.8. The summed E-state index contributed by atoms with van der Waals surface area (Å²) >= 11 is 19.0. The molecular weight excluding hydrogens is 505 g/mol. The van der Waals surface area contributed by atoms with Gasteiger partial charge in [-0.05, 0) is 65.4 Å². The second-order valence-electron chi connectivity index (χ2n) is 6.92. The maximum absolute atomic E-state index is 12.9. The maximum atomic E-state index is 12.9. The molecule has 3 aromatic rings. The van der Waals surface area contributed by atoms with Gasteiger partial charge in [-0.25, -0.2) is 4.90 Å². The van der Waals surface area contributed by atoms with Crippen molar-refractivity contribution < 1.29 is 19.1 Å². The first-order valence-corrected chi connectivity index (χ1v) is 11.6. The second-order valence-corrected chi connectivity index (χ2v) is 9.13. The molecule has 1 fully saturated rings. The lowest BCUT2D eigenvalue weighted by atomic mass is 10.1. The number of halogens is 3. The average molecular weight is 521 g/mol. The number of carbonyl (C=O) groups excluding carboxylic acids is 2. The zero-order valence-electron chi connectivity index (χ0n) is 17.2. The molecule has 9 heteroatoms. The highest BCUT2D eigenvalue weighted by Gasteiger charge is 2.37.